The van der Waals surface area contributed by atoms with Gasteiger partial charge in [0.05, 0.1) is 24.2 Å². The van der Waals surface area contributed by atoms with Gasteiger partial charge in [-0.1, -0.05) is 13.8 Å². The van der Waals surface area contributed by atoms with Crippen molar-refractivity contribution in [2.75, 3.05) is 19.0 Å². The SMILES string of the molecule is CCOC(=O)c1c(NC(=O)c2ccc(OC)c([N+](=O)[O-])c2)sc2c1CC(C)(C)SC2. The molecule has 0 saturated heterocycles. The monoisotopic (exact) mass is 450 g/mol. The van der Waals surface area contributed by atoms with Crippen molar-refractivity contribution in [3.05, 3.63) is 49.9 Å². The largest absolute Gasteiger partial charge is 0.490 e. The number of carbonyl (C=O) groups is 2. The minimum Gasteiger partial charge on any atom is -0.490 e. The Morgan fingerprint density at radius 3 is 2.70 bits per heavy atom. The number of amides is 1. The van der Waals surface area contributed by atoms with Gasteiger partial charge in [-0.05, 0) is 31.0 Å². The molecule has 1 amide bonds. The summed E-state index contributed by atoms with van der Waals surface area (Å²) in [4.78, 5) is 37.2. The van der Waals surface area contributed by atoms with Crippen LogP contribution in [0.15, 0.2) is 18.2 Å². The number of anilines is 1. The van der Waals surface area contributed by atoms with Crippen molar-refractivity contribution in [2.45, 2.75) is 37.7 Å². The van der Waals surface area contributed by atoms with Crippen LogP contribution >= 0.6 is 23.1 Å². The number of nitrogens with zero attached hydrogens (tertiary/aromatic N) is 1. The summed E-state index contributed by atoms with van der Waals surface area (Å²) in [5.41, 5.74) is 1.07. The second-order valence-corrected chi connectivity index (χ2v) is 10.0. The maximum atomic E-state index is 12.8. The maximum Gasteiger partial charge on any atom is 0.341 e. The van der Waals surface area contributed by atoms with Gasteiger partial charge in [0, 0.05) is 27.0 Å². The number of esters is 1. The predicted octanol–water partition coefficient (Wildman–Crippen LogP) is 4.66. The average Bonchev–Trinajstić information content (AvgIpc) is 3.03. The highest BCUT2D eigenvalue weighted by Crippen LogP contribution is 2.46. The topological polar surface area (TPSA) is 108 Å². The molecule has 1 N–H and O–H groups in total. The molecule has 0 fully saturated rings. The van der Waals surface area contributed by atoms with Gasteiger partial charge >= 0.3 is 11.7 Å². The highest BCUT2D eigenvalue weighted by atomic mass is 32.2. The van der Waals surface area contributed by atoms with Gasteiger partial charge in [-0.2, -0.15) is 0 Å². The number of fused-ring (bicyclic) bond motifs is 1. The lowest BCUT2D eigenvalue weighted by molar-refractivity contribution is -0.385. The van der Waals surface area contributed by atoms with Crippen molar-refractivity contribution in [3.8, 4) is 5.75 Å². The third-order valence-corrected chi connectivity index (χ3v) is 7.32. The van der Waals surface area contributed by atoms with Gasteiger partial charge in [0.1, 0.15) is 5.00 Å². The first-order valence-corrected chi connectivity index (χ1v) is 11.1. The van der Waals surface area contributed by atoms with E-state index in [0.29, 0.717) is 17.0 Å². The second kappa shape index (κ2) is 8.65. The Morgan fingerprint density at radius 1 is 1.33 bits per heavy atom. The summed E-state index contributed by atoms with van der Waals surface area (Å²) in [7, 11) is 1.32. The van der Waals surface area contributed by atoms with E-state index in [4.69, 9.17) is 9.47 Å². The molecule has 0 bridgehead atoms. The fourth-order valence-corrected chi connectivity index (χ4v) is 5.56. The van der Waals surface area contributed by atoms with Gasteiger partial charge in [-0.25, -0.2) is 4.79 Å². The average molecular weight is 451 g/mol. The van der Waals surface area contributed by atoms with Crippen molar-refractivity contribution in [3.63, 3.8) is 0 Å². The highest BCUT2D eigenvalue weighted by Gasteiger charge is 2.34. The van der Waals surface area contributed by atoms with Gasteiger partial charge in [-0.3, -0.25) is 14.9 Å². The van der Waals surface area contributed by atoms with E-state index in [1.165, 1.54) is 30.6 Å². The number of nitro benzene ring substituents is 1. The van der Waals surface area contributed by atoms with E-state index in [9.17, 15) is 19.7 Å². The molecule has 2 aromatic rings. The molecular formula is C20H22N2O6S2. The number of nitro groups is 1. The number of ether oxygens (including phenoxy) is 2. The van der Waals surface area contributed by atoms with Crippen LogP contribution in [-0.4, -0.2) is 35.3 Å². The van der Waals surface area contributed by atoms with Crippen molar-refractivity contribution in [1.82, 2.24) is 0 Å². The molecular weight excluding hydrogens is 428 g/mol. The molecule has 1 aromatic carbocycles. The zero-order valence-electron chi connectivity index (χ0n) is 17.1. The van der Waals surface area contributed by atoms with Crippen molar-refractivity contribution < 1.29 is 24.0 Å². The van der Waals surface area contributed by atoms with Crippen LogP contribution in [0.3, 0.4) is 0 Å². The van der Waals surface area contributed by atoms with Crippen molar-refractivity contribution >= 4 is 45.7 Å². The summed E-state index contributed by atoms with van der Waals surface area (Å²) >= 11 is 3.14. The van der Waals surface area contributed by atoms with Gasteiger partial charge < -0.3 is 14.8 Å². The molecule has 160 valence electrons. The van der Waals surface area contributed by atoms with E-state index in [-0.39, 0.29) is 28.4 Å². The van der Waals surface area contributed by atoms with Crippen LogP contribution in [0.5, 0.6) is 5.75 Å². The molecule has 8 nitrogen and oxygen atoms in total. The zero-order valence-corrected chi connectivity index (χ0v) is 18.7. The molecule has 1 aromatic heterocycles. The van der Waals surface area contributed by atoms with E-state index >= 15 is 0 Å². The van der Waals surface area contributed by atoms with Gasteiger partial charge in [0.25, 0.3) is 5.91 Å². The third-order valence-electron chi connectivity index (χ3n) is 4.63. The van der Waals surface area contributed by atoms with Gasteiger partial charge in [0.2, 0.25) is 0 Å². The second-order valence-electron chi connectivity index (χ2n) is 7.25. The van der Waals surface area contributed by atoms with E-state index in [1.807, 2.05) is 0 Å². The Kier molecular flexibility index (Phi) is 6.37. The Morgan fingerprint density at radius 2 is 2.07 bits per heavy atom. The smallest absolute Gasteiger partial charge is 0.341 e. The van der Waals surface area contributed by atoms with Crippen LogP contribution in [-0.2, 0) is 16.9 Å². The fourth-order valence-electron chi connectivity index (χ4n) is 3.21. The van der Waals surface area contributed by atoms with Gasteiger partial charge in [0.15, 0.2) is 5.75 Å². The molecule has 0 aliphatic carbocycles. The third kappa shape index (κ3) is 4.44. The molecule has 0 unspecified atom stereocenters. The summed E-state index contributed by atoms with van der Waals surface area (Å²) in [6, 6.07) is 3.97. The van der Waals surface area contributed by atoms with Crippen LogP contribution in [0.2, 0.25) is 0 Å². The lowest BCUT2D eigenvalue weighted by Crippen LogP contribution is -2.24. The Bertz CT molecular complexity index is 1010. The lowest BCUT2D eigenvalue weighted by Gasteiger charge is -2.29. The normalized spacial score (nSPS) is 14.5. The fraction of sp³-hybridized carbons (Fsp3) is 0.400. The number of benzene rings is 1. The quantitative estimate of drug-likeness (QED) is 0.387. The number of methoxy groups -OCH3 is 1. The summed E-state index contributed by atoms with van der Waals surface area (Å²) in [5.74, 6) is -0.219. The van der Waals surface area contributed by atoms with E-state index < -0.39 is 16.8 Å². The number of rotatable bonds is 6. The summed E-state index contributed by atoms with van der Waals surface area (Å²) < 4.78 is 10.2. The van der Waals surface area contributed by atoms with Crippen molar-refractivity contribution in [1.29, 1.82) is 0 Å². The lowest BCUT2D eigenvalue weighted by atomic mass is 9.98. The summed E-state index contributed by atoms with van der Waals surface area (Å²) in [6.07, 6.45) is 0.682. The minimum absolute atomic E-state index is 0.0345. The molecule has 3 rings (SSSR count). The minimum atomic E-state index is -0.608. The highest BCUT2D eigenvalue weighted by molar-refractivity contribution is 8.00. The van der Waals surface area contributed by atoms with Gasteiger partial charge in [-0.15, -0.1) is 23.1 Å². The van der Waals surface area contributed by atoms with Crippen LogP contribution in [0.1, 0.15) is 51.9 Å². The summed E-state index contributed by atoms with van der Waals surface area (Å²) in [6.45, 7) is 6.18. The van der Waals surface area contributed by atoms with Crippen LogP contribution in [0, 0.1) is 10.1 Å². The standard InChI is InChI=1S/C20H22N2O6S2/c1-5-28-19(24)16-12-9-20(2,3)29-10-15(12)30-18(16)21-17(23)11-6-7-14(27-4)13(8-11)22(25)26/h6-8H,5,9-10H2,1-4H3,(H,21,23). The molecule has 2 heterocycles. The molecule has 0 atom stereocenters. The van der Waals surface area contributed by atoms with E-state index in [0.717, 1.165) is 22.3 Å². The molecule has 0 spiro atoms. The number of nitrogens with one attached hydrogen (secondary N) is 1. The van der Waals surface area contributed by atoms with Crippen LogP contribution in [0.25, 0.3) is 0 Å². The molecule has 1 aliphatic heterocycles. The summed E-state index contributed by atoms with van der Waals surface area (Å²) in [5, 5.41) is 14.4. The first-order chi connectivity index (χ1) is 14.2. The number of thioether (sulfide) groups is 1. The first-order valence-electron chi connectivity index (χ1n) is 9.26. The maximum absolute atomic E-state index is 12.8. The molecule has 0 radical (unpaired) electrons. The van der Waals surface area contributed by atoms with E-state index in [2.05, 4.69) is 19.2 Å². The Balaban J connectivity index is 1.98. The number of thiophene rings is 1. The number of hydrogen-bond donors (Lipinski definition) is 1. The molecule has 0 saturated carbocycles. The zero-order chi connectivity index (χ0) is 22.1. The van der Waals surface area contributed by atoms with Crippen LogP contribution < -0.4 is 10.1 Å². The first kappa shape index (κ1) is 22.1. The Hall–Kier alpha value is -2.59. The molecule has 10 heteroatoms. The molecule has 1 aliphatic rings. The molecule has 30 heavy (non-hydrogen) atoms. The predicted molar refractivity (Wildman–Crippen MR) is 117 cm³/mol. The number of carbonyl (C=O) groups excluding carboxylic acids is 2. The van der Waals surface area contributed by atoms with E-state index in [1.54, 1.807) is 18.7 Å². The van der Waals surface area contributed by atoms with Crippen molar-refractivity contribution in [2.24, 2.45) is 0 Å². The number of hydrogen-bond acceptors (Lipinski definition) is 8. The van der Waals surface area contributed by atoms with Crippen LogP contribution in [0.4, 0.5) is 10.7 Å². The Labute approximate surface area is 182 Å².